The first-order chi connectivity index (χ1) is 11.9. The van der Waals surface area contributed by atoms with Crippen molar-refractivity contribution in [3.63, 3.8) is 0 Å². The molecule has 0 saturated carbocycles. The molecule has 0 radical (unpaired) electrons. The first-order valence-electron chi connectivity index (χ1n) is 7.72. The molecule has 5 nitrogen and oxygen atoms in total. The largest absolute Gasteiger partial charge is 0.456 e. The molecule has 0 amide bonds. The molecule has 0 aliphatic heterocycles. The highest BCUT2D eigenvalue weighted by Crippen LogP contribution is 2.18. The highest BCUT2D eigenvalue weighted by Gasteiger charge is 2.19. The number of ether oxygens (including phenoxy) is 1. The van der Waals surface area contributed by atoms with Gasteiger partial charge in [0.25, 0.3) is 0 Å². The van der Waals surface area contributed by atoms with Crippen LogP contribution in [0.3, 0.4) is 0 Å². The van der Waals surface area contributed by atoms with Crippen molar-refractivity contribution in [2.75, 3.05) is 4.72 Å². The smallest absolute Gasteiger partial charge is 0.338 e. The Bertz CT molecular complexity index is 901. The van der Waals surface area contributed by atoms with Gasteiger partial charge in [0.05, 0.1) is 11.3 Å². The van der Waals surface area contributed by atoms with Crippen LogP contribution in [0.25, 0.3) is 0 Å². The molecule has 2 rings (SSSR count). The average molecular weight is 383 g/mol. The van der Waals surface area contributed by atoms with Gasteiger partial charge in [-0.25, -0.2) is 22.0 Å². The fourth-order valence-corrected chi connectivity index (χ4v) is 3.34. The van der Waals surface area contributed by atoms with Crippen LogP contribution >= 0.6 is 0 Å². The number of halogens is 2. The van der Waals surface area contributed by atoms with Gasteiger partial charge in [-0.2, -0.15) is 0 Å². The van der Waals surface area contributed by atoms with Crippen LogP contribution in [0.15, 0.2) is 42.5 Å². The number of rotatable bonds is 5. The third-order valence-corrected chi connectivity index (χ3v) is 4.31. The van der Waals surface area contributed by atoms with Crippen LogP contribution < -0.4 is 4.72 Å². The predicted octanol–water partition coefficient (Wildman–Crippen LogP) is 3.86. The highest BCUT2D eigenvalue weighted by molar-refractivity contribution is 7.91. The van der Waals surface area contributed by atoms with Crippen molar-refractivity contribution in [2.24, 2.45) is 0 Å². The van der Waals surface area contributed by atoms with E-state index >= 15 is 0 Å². The zero-order valence-electron chi connectivity index (χ0n) is 14.5. The summed E-state index contributed by atoms with van der Waals surface area (Å²) in [4.78, 5) is 12.1. The van der Waals surface area contributed by atoms with Gasteiger partial charge < -0.3 is 4.74 Å². The van der Waals surface area contributed by atoms with Crippen LogP contribution in [-0.2, 0) is 20.5 Å². The molecule has 0 aliphatic rings. The first kappa shape index (κ1) is 19.8. The molecule has 0 aliphatic carbocycles. The summed E-state index contributed by atoms with van der Waals surface area (Å²) in [6.07, 6.45) is 0. The monoisotopic (exact) mass is 383 g/mol. The summed E-state index contributed by atoms with van der Waals surface area (Å²) in [5, 5.41) is 0. The van der Waals surface area contributed by atoms with E-state index in [1.165, 1.54) is 24.3 Å². The lowest BCUT2D eigenvalue weighted by Crippen LogP contribution is -2.24. The van der Waals surface area contributed by atoms with Crippen molar-refractivity contribution in [1.29, 1.82) is 0 Å². The van der Waals surface area contributed by atoms with Crippen molar-refractivity contribution in [2.45, 2.75) is 32.1 Å². The third-order valence-electron chi connectivity index (χ3n) is 3.05. The van der Waals surface area contributed by atoms with Gasteiger partial charge in [0.1, 0.15) is 17.2 Å². The van der Waals surface area contributed by atoms with Crippen molar-refractivity contribution in [3.8, 4) is 0 Å². The van der Waals surface area contributed by atoms with Crippen LogP contribution in [-0.4, -0.2) is 20.0 Å². The van der Waals surface area contributed by atoms with Crippen LogP contribution in [0.2, 0.25) is 0 Å². The van der Waals surface area contributed by atoms with Crippen LogP contribution in [0.1, 0.15) is 36.7 Å². The van der Waals surface area contributed by atoms with Gasteiger partial charge in [-0.05, 0) is 56.7 Å². The van der Waals surface area contributed by atoms with Crippen molar-refractivity contribution < 1.29 is 26.7 Å². The Morgan fingerprint density at radius 1 is 1.08 bits per heavy atom. The molecule has 0 fully saturated rings. The first-order valence-corrected chi connectivity index (χ1v) is 9.38. The number of sulfonamides is 1. The second-order valence-electron chi connectivity index (χ2n) is 6.72. The predicted molar refractivity (Wildman–Crippen MR) is 94.2 cm³/mol. The summed E-state index contributed by atoms with van der Waals surface area (Å²) in [6.45, 7) is 5.15. The molecule has 0 atom stereocenters. The lowest BCUT2D eigenvalue weighted by molar-refractivity contribution is 0.00695. The quantitative estimate of drug-likeness (QED) is 0.796. The normalized spacial score (nSPS) is 11.9. The summed E-state index contributed by atoms with van der Waals surface area (Å²) < 4.78 is 58.4. The Morgan fingerprint density at radius 3 is 2.27 bits per heavy atom. The molecule has 26 heavy (non-hydrogen) atoms. The van der Waals surface area contributed by atoms with E-state index in [0.29, 0.717) is 6.07 Å². The number of carbonyl (C=O) groups is 1. The molecule has 1 N–H and O–H groups in total. The second kappa shape index (κ2) is 7.41. The lowest BCUT2D eigenvalue weighted by atomic mass is 10.1. The van der Waals surface area contributed by atoms with Crippen LogP contribution in [0.5, 0.6) is 0 Å². The van der Waals surface area contributed by atoms with E-state index in [9.17, 15) is 22.0 Å². The van der Waals surface area contributed by atoms with E-state index < -0.39 is 39.0 Å². The van der Waals surface area contributed by atoms with Crippen LogP contribution in [0.4, 0.5) is 14.5 Å². The number of hydrogen-bond donors (Lipinski definition) is 1. The summed E-state index contributed by atoms with van der Waals surface area (Å²) in [5.74, 6) is -2.92. The Balaban J connectivity index is 2.16. The topological polar surface area (TPSA) is 72.5 Å². The van der Waals surface area contributed by atoms with Crippen molar-refractivity contribution in [1.82, 2.24) is 0 Å². The van der Waals surface area contributed by atoms with Gasteiger partial charge in [0.15, 0.2) is 0 Å². The lowest BCUT2D eigenvalue weighted by Gasteiger charge is -2.19. The summed E-state index contributed by atoms with van der Waals surface area (Å²) in [5.41, 5.74) is -0.394. The van der Waals surface area contributed by atoms with Crippen LogP contribution in [0, 0.1) is 11.6 Å². The van der Waals surface area contributed by atoms with Gasteiger partial charge in [-0.1, -0.05) is 6.07 Å². The van der Waals surface area contributed by atoms with Gasteiger partial charge >= 0.3 is 5.97 Å². The molecule has 0 bridgehead atoms. The molecule has 0 saturated heterocycles. The minimum Gasteiger partial charge on any atom is -0.456 e. The molecule has 0 spiro atoms. The standard InChI is InChI=1S/C18H19F2NO4S/c1-18(2,3)25-17(22)13-5-4-6-16(9-13)21-26(23,24)11-12-7-14(19)10-15(20)8-12/h4-10,21H,11H2,1-3H3. The molecular formula is C18H19F2NO4S. The number of nitrogens with one attached hydrogen (secondary N) is 1. The zero-order chi connectivity index (χ0) is 19.5. The number of anilines is 1. The number of hydrogen-bond acceptors (Lipinski definition) is 4. The summed E-state index contributed by atoms with van der Waals surface area (Å²) in [6, 6.07) is 8.33. The summed E-state index contributed by atoms with van der Waals surface area (Å²) >= 11 is 0. The SMILES string of the molecule is CC(C)(C)OC(=O)c1cccc(NS(=O)(=O)Cc2cc(F)cc(F)c2)c1. The zero-order valence-corrected chi connectivity index (χ0v) is 15.4. The Kier molecular flexibility index (Phi) is 5.65. The molecular weight excluding hydrogens is 364 g/mol. The van der Waals surface area contributed by atoms with E-state index in [1.807, 2.05) is 0 Å². The molecule has 2 aromatic carbocycles. The maximum atomic E-state index is 13.2. The van der Waals surface area contributed by atoms with E-state index in [4.69, 9.17) is 4.74 Å². The fraction of sp³-hybridized carbons (Fsp3) is 0.278. The van der Waals surface area contributed by atoms with Gasteiger partial charge in [0.2, 0.25) is 10.0 Å². The Morgan fingerprint density at radius 2 is 1.69 bits per heavy atom. The van der Waals surface area contributed by atoms with Gasteiger partial charge in [0, 0.05) is 11.8 Å². The Hall–Kier alpha value is -2.48. The minimum atomic E-state index is -3.93. The van der Waals surface area contributed by atoms with E-state index in [0.717, 1.165) is 12.1 Å². The maximum Gasteiger partial charge on any atom is 0.338 e. The third kappa shape index (κ3) is 6.11. The van der Waals surface area contributed by atoms with E-state index in [1.54, 1.807) is 20.8 Å². The minimum absolute atomic E-state index is 0.0294. The average Bonchev–Trinajstić information content (AvgIpc) is 2.43. The van der Waals surface area contributed by atoms with Crippen molar-refractivity contribution in [3.05, 3.63) is 65.2 Å². The molecule has 0 unspecified atom stereocenters. The number of esters is 1. The van der Waals surface area contributed by atoms with Gasteiger partial charge in [-0.15, -0.1) is 0 Å². The maximum absolute atomic E-state index is 13.2. The van der Waals surface area contributed by atoms with E-state index in [2.05, 4.69) is 4.72 Å². The van der Waals surface area contributed by atoms with E-state index in [-0.39, 0.29) is 16.8 Å². The Labute approximate surface area is 151 Å². The van der Waals surface area contributed by atoms with Crippen molar-refractivity contribution >= 4 is 21.7 Å². The number of carbonyl (C=O) groups excluding carboxylic acids is 1. The summed E-state index contributed by atoms with van der Waals surface area (Å²) in [7, 11) is -3.93. The molecule has 8 heteroatoms. The van der Waals surface area contributed by atoms with Gasteiger partial charge in [-0.3, -0.25) is 4.72 Å². The fourth-order valence-electron chi connectivity index (χ4n) is 2.18. The molecule has 2 aromatic rings. The molecule has 0 heterocycles. The second-order valence-corrected chi connectivity index (χ2v) is 8.44. The molecule has 140 valence electrons. The highest BCUT2D eigenvalue weighted by atomic mass is 32.2. The molecule has 0 aromatic heterocycles. The number of benzene rings is 2.